The van der Waals surface area contributed by atoms with Gasteiger partial charge in [-0.05, 0) is 60.9 Å². The zero-order valence-corrected chi connectivity index (χ0v) is 25.7. The third-order valence-electron chi connectivity index (χ3n) is 6.27. The lowest BCUT2D eigenvalue weighted by Crippen LogP contribution is -1.74. The van der Waals surface area contributed by atoms with E-state index in [9.17, 15) is 0 Å². The fraction of sp³-hybridized carbons (Fsp3) is 0.167. The second-order valence-corrected chi connectivity index (χ2v) is 13.3. The number of benzene rings is 1. The highest BCUT2D eigenvalue weighted by atomic mass is 32.1. The average Bonchev–Trinajstić information content (AvgIpc) is 3.78. The van der Waals surface area contributed by atoms with Gasteiger partial charge in [-0.2, -0.15) is 0 Å². The minimum absolute atomic E-state index is 0.869. The van der Waals surface area contributed by atoms with E-state index in [4.69, 9.17) is 12.8 Å². The number of hydrogen-bond acceptors (Lipinski definition) is 4. The molecular formula is C36H26S4. The minimum Gasteiger partial charge on any atom is -0.134 e. The Morgan fingerprint density at radius 3 is 1.57 bits per heavy atom. The van der Waals surface area contributed by atoms with Crippen LogP contribution in [-0.4, -0.2) is 0 Å². The molecule has 5 rings (SSSR count). The smallest absolute Gasteiger partial charge is 0.0931 e. The van der Waals surface area contributed by atoms with E-state index in [-0.39, 0.29) is 0 Å². The number of hydrogen-bond donors (Lipinski definition) is 0. The lowest BCUT2D eigenvalue weighted by atomic mass is 10.1. The van der Waals surface area contributed by atoms with Crippen LogP contribution >= 0.6 is 45.3 Å². The number of unbranched alkanes of at least 4 members (excludes halogenated alkanes) is 3. The first kappa shape index (κ1) is 27.8. The third kappa shape index (κ3) is 6.19. The molecule has 0 saturated carbocycles. The Balaban J connectivity index is 1.32. The Labute approximate surface area is 253 Å². The summed E-state index contributed by atoms with van der Waals surface area (Å²) in [6.07, 6.45) is 16.0. The normalized spacial score (nSPS) is 10.2. The second kappa shape index (κ2) is 13.1. The fourth-order valence-electron chi connectivity index (χ4n) is 4.19. The zero-order chi connectivity index (χ0) is 27.9. The third-order valence-corrected chi connectivity index (χ3v) is 11.0. The van der Waals surface area contributed by atoms with Crippen molar-refractivity contribution in [3.8, 4) is 88.8 Å². The van der Waals surface area contributed by atoms with Crippen LogP contribution in [0.1, 0.15) is 60.4 Å². The quantitative estimate of drug-likeness (QED) is 0.131. The summed E-state index contributed by atoms with van der Waals surface area (Å²) in [5.41, 5.74) is 4.18. The van der Waals surface area contributed by atoms with Crippen LogP contribution in [0, 0.1) is 48.4 Å². The first-order valence-electron chi connectivity index (χ1n) is 13.1. The molecule has 0 fully saturated rings. The predicted molar refractivity (Wildman–Crippen MR) is 179 cm³/mol. The van der Waals surface area contributed by atoms with Gasteiger partial charge in [-0.15, -0.1) is 64.1 Å². The molecule has 4 aromatic heterocycles. The second-order valence-electron chi connectivity index (χ2n) is 9.03. The molecule has 0 radical (unpaired) electrons. The van der Waals surface area contributed by atoms with Gasteiger partial charge in [-0.25, -0.2) is 0 Å². The first-order valence-corrected chi connectivity index (χ1v) is 16.3. The zero-order valence-electron chi connectivity index (χ0n) is 22.4. The summed E-state index contributed by atoms with van der Waals surface area (Å²) in [6.45, 7) is 4.04. The van der Waals surface area contributed by atoms with Gasteiger partial charge in [0.1, 0.15) is 0 Å². The van der Waals surface area contributed by atoms with Crippen LogP contribution in [0.2, 0.25) is 0 Å². The summed E-state index contributed by atoms with van der Waals surface area (Å²) in [5.74, 6) is 18.3. The Bertz CT molecular complexity index is 1840. The van der Waals surface area contributed by atoms with E-state index in [2.05, 4.69) is 103 Å². The Morgan fingerprint density at radius 2 is 1.10 bits per heavy atom. The van der Waals surface area contributed by atoms with Crippen LogP contribution in [0.15, 0.2) is 60.7 Å². The monoisotopic (exact) mass is 586 g/mol. The van der Waals surface area contributed by atoms with Crippen LogP contribution in [0.3, 0.4) is 0 Å². The molecule has 0 amide bonds. The number of thiophene rings is 4. The van der Waals surface area contributed by atoms with Crippen molar-refractivity contribution in [3.05, 3.63) is 81.5 Å². The van der Waals surface area contributed by atoms with Crippen molar-refractivity contribution < 1.29 is 0 Å². The van der Waals surface area contributed by atoms with Gasteiger partial charge in [0.25, 0.3) is 0 Å². The highest BCUT2D eigenvalue weighted by Gasteiger charge is 2.13. The van der Waals surface area contributed by atoms with Gasteiger partial charge in [-0.3, -0.25) is 0 Å². The Hall–Kier alpha value is -3.74. The summed E-state index contributed by atoms with van der Waals surface area (Å²) < 4.78 is 0. The van der Waals surface area contributed by atoms with Crippen LogP contribution < -0.4 is 0 Å². The molecule has 0 nitrogen and oxygen atoms in total. The summed E-state index contributed by atoms with van der Waals surface area (Å²) in [4.78, 5) is 9.20. The van der Waals surface area contributed by atoms with Crippen molar-refractivity contribution in [2.45, 2.75) is 39.5 Å². The van der Waals surface area contributed by atoms with Gasteiger partial charge in [0.2, 0.25) is 0 Å². The maximum atomic E-state index is 5.79. The molecule has 5 aromatic rings. The van der Waals surface area contributed by atoms with E-state index in [1.807, 2.05) is 6.92 Å². The van der Waals surface area contributed by atoms with Crippen LogP contribution in [0.4, 0.5) is 0 Å². The van der Waals surface area contributed by atoms with Crippen LogP contribution in [0.5, 0.6) is 0 Å². The molecule has 0 aliphatic heterocycles. The predicted octanol–water partition coefficient (Wildman–Crippen LogP) is 10.9. The van der Waals surface area contributed by atoms with Gasteiger partial charge in [0, 0.05) is 35.7 Å². The van der Waals surface area contributed by atoms with Crippen molar-refractivity contribution in [3.63, 3.8) is 0 Å². The van der Waals surface area contributed by atoms with E-state index in [1.165, 1.54) is 48.4 Å². The maximum absolute atomic E-state index is 5.79. The lowest BCUT2D eigenvalue weighted by molar-refractivity contribution is 0.737. The highest BCUT2D eigenvalue weighted by Crippen LogP contribution is 2.41. The molecule has 0 atom stereocenters. The van der Waals surface area contributed by atoms with Crippen molar-refractivity contribution in [1.82, 2.24) is 0 Å². The van der Waals surface area contributed by atoms with Gasteiger partial charge >= 0.3 is 0 Å². The molecule has 4 heterocycles. The molecule has 194 valence electrons. The maximum Gasteiger partial charge on any atom is 0.0931 e. The van der Waals surface area contributed by atoms with Crippen molar-refractivity contribution in [1.29, 1.82) is 0 Å². The molecule has 1 aromatic carbocycles. The molecule has 0 N–H and O–H groups in total. The summed E-state index contributed by atoms with van der Waals surface area (Å²) in [5, 5.41) is 0. The largest absolute Gasteiger partial charge is 0.134 e. The van der Waals surface area contributed by atoms with E-state index < -0.39 is 0 Å². The molecule has 4 heteroatoms. The molecule has 0 bridgehead atoms. The highest BCUT2D eigenvalue weighted by molar-refractivity contribution is 7.24. The lowest BCUT2D eigenvalue weighted by Gasteiger charge is -2.01. The van der Waals surface area contributed by atoms with Gasteiger partial charge in [0.15, 0.2) is 0 Å². The van der Waals surface area contributed by atoms with E-state index in [0.29, 0.717) is 0 Å². The summed E-state index contributed by atoms with van der Waals surface area (Å²) >= 11 is 6.92. The first-order chi connectivity index (χ1) is 19.6. The molecule has 0 spiro atoms. The van der Waals surface area contributed by atoms with E-state index in [0.717, 1.165) is 38.6 Å². The molecular weight excluding hydrogens is 561 g/mol. The fourth-order valence-corrected chi connectivity index (χ4v) is 8.40. The molecule has 0 aliphatic rings. The van der Waals surface area contributed by atoms with Crippen molar-refractivity contribution >= 4 is 45.3 Å². The Kier molecular flexibility index (Phi) is 9.09. The molecule has 0 aliphatic carbocycles. The molecule has 40 heavy (non-hydrogen) atoms. The Morgan fingerprint density at radius 1 is 0.600 bits per heavy atom. The van der Waals surface area contributed by atoms with Gasteiger partial charge < -0.3 is 0 Å². The SMILES string of the molecule is C#Cc1cc(-c2ccc(-c3ccc(-c4ccc(-c5cc(C#C)c(C#CCCCCC)s5)s4)cc3)s2)sc1C#CC. The van der Waals surface area contributed by atoms with Crippen LogP contribution in [-0.2, 0) is 0 Å². The topological polar surface area (TPSA) is 0 Å². The molecule has 0 unspecified atom stereocenters. The standard InChI is InChI=1S/C36H26S4/c1-5-9-10-11-12-14-30-26(8-4)24-36(40-30)34-22-20-32(38-34)28-17-15-27(16-18-28)31-19-21-33(37-31)35-23-25(7-3)29(39-35)13-6-2/h3-4,15-24H,5,9-11H2,1-2H3. The number of rotatable bonds is 7. The average molecular weight is 587 g/mol. The molecule has 0 saturated heterocycles. The minimum atomic E-state index is 0.869. The van der Waals surface area contributed by atoms with Gasteiger partial charge in [0.05, 0.1) is 20.9 Å². The number of terminal acetylenes is 2. The van der Waals surface area contributed by atoms with E-state index in [1.54, 1.807) is 45.3 Å². The summed E-state index contributed by atoms with van der Waals surface area (Å²) in [6, 6.07) is 21.7. The van der Waals surface area contributed by atoms with E-state index >= 15 is 0 Å². The van der Waals surface area contributed by atoms with Crippen molar-refractivity contribution in [2.75, 3.05) is 0 Å². The summed E-state index contributed by atoms with van der Waals surface area (Å²) in [7, 11) is 0. The van der Waals surface area contributed by atoms with Crippen molar-refractivity contribution in [2.24, 2.45) is 0 Å². The van der Waals surface area contributed by atoms with Gasteiger partial charge in [-0.1, -0.05) is 73.6 Å². The van der Waals surface area contributed by atoms with Crippen LogP contribution in [0.25, 0.3) is 40.4 Å².